The Morgan fingerprint density at radius 2 is 1.87 bits per heavy atom. The second-order valence-electron chi connectivity index (χ2n) is 4.42. The van der Waals surface area contributed by atoms with E-state index in [0.717, 1.165) is 0 Å². The van der Waals surface area contributed by atoms with Crippen molar-refractivity contribution < 1.29 is 18.3 Å². The molecule has 0 aromatic heterocycles. The molecule has 0 amide bonds. The number of piperidine rings is 1. The molecule has 1 aliphatic heterocycles. The molecule has 1 saturated carbocycles. The second kappa shape index (κ2) is 3.70. The zero-order valence-electron chi connectivity index (χ0n) is 8.63. The molecule has 1 heterocycles. The topological polar surface area (TPSA) is 38.3 Å². The summed E-state index contributed by atoms with van der Waals surface area (Å²) < 4.78 is 31.9. The van der Waals surface area contributed by atoms with E-state index in [1.165, 1.54) is 7.11 Å². The molecule has 3 atom stereocenters. The summed E-state index contributed by atoms with van der Waals surface area (Å²) in [6.07, 6.45) is 0.479. The van der Waals surface area contributed by atoms with E-state index in [-0.39, 0.29) is 24.7 Å². The number of alkyl halides is 2. The molecule has 2 fully saturated rings. The van der Waals surface area contributed by atoms with Crippen LogP contribution in [0.1, 0.15) is 12.8 Å². The molecule has 2 aliphatic rings. The second-order valence-corrected chi connectivity index (χ2v) is 4.42. The fraction of sp³-hybridized carbons (Fsp3) is 0.900. The molecule has 86 valence electrons. The van der Waals surface area contributed by atoms with Crippen LogP contribution in [0.2, 0.25) is 0 Å². The number of fused-ring (bicyclic) bond motifs is 2. The summed E-state index contributed by atoms with van der Waals surface area (Å²) in [4.78, 5) is 11.3. The Kier molecular flexibility index (Phi) is 2.66. The minimum Gasteiger partial charge on any atom is -0.469 e. The van der Waals surface area contributed by atoms with Crippen LogP contribution in [0.15, 0.2) is 0 Å². The molecular formula is C10H15F2NO2. The van der Waals surface area contributed by atoms with Crippen LogP contribution < -0.4 is 5.32 Å². The van der Waals surface area contributed by atoms with Crippen molar-refractivity contribution in [1.29, 1.82) is 0 Å². The van der Waals surface area contributed by atoms with Crippen LogP contribution in [0.3, 0.4) is 0 Å². The number of nitrogens with one attached hydrogen (secondary N) is 1. The van der Waals surface area contributed by atoms with E-state index in [1.807, 2.05) is 0 Å². The van der Waals surface area contributed by atoms with Crippen LogP contribution in [-0.2, 0) is 9.53 Å². The van der Waals surface area contributed by atoms with Gasteiger partial charge in [-0.05, 0) is 12.8 Å². The average Bonchev–Trinajstić information content (AvgIpc) is 2.14. The maximum atomic E-state index is 13.7. The van der Waals surface area contributed by atoms with E-state index >= 15 is 0 Å². The summed E-state index contributed by atoms with van der Waals surface area (Å²) in [5.41, 5.74) is 0. The Morgan fingerprint density at radius 3 is 2.33 bits per heavy atom. The van der Waals surface area contributed by atoms with E-state index < -0.39 is 17.8 Å². The minimum atomic E-state index is -2.62. The molecule has 5 heteroatoms. The summed E-state index contributed by atoms with van der Waals surface area (Å²) in [5, 5.41) is 2.99. The van der Waals surface area contributed by atoms with E-state index in [0.29, 0.717) is 13.1 Å². The first-order chi connectivity index (χ1) is 7.05. The molecule has 1 aliphatic carbocycles. The highest BCUT2D eigenvalue weighted by Gasteiger charge is 2.54. The summed E-state index contributed by atoms with van der Waals surface area (Å²) in [7, 11) is 1.31. The molecule has 1 unspecified atom stereocenters. The van der Waals surface area contributed by atoms with Crippen molar-refractivity contribution in [2.75, 3.05) is 20.2 Å². The third kappa shape index (κ3) is 1.73. The quantitative estimate of drug-likeness (QED) is 0.670. The van der Waals surface area contributed by atoms with Crippen LogP contribution in [0.4, 0.5) is 8.78 Å². The van der Waals surface area contributed by atoms with Crippen molar-refractivity contribution in [3.05, 3.63) is 0 Å². The molecule has 2 bridgehead atoms. The molecule has 2 rings (SSSR count). The van der Waals surface area contributed by atoms with E-state index in [9.17, 15) is 13.6 Å². The monoisotopic (exact) mass is 219 g/mol. The van der Waals surface area contributed by atoms with Gasteiger partial charge in [-0.15, -0.1) is 0 Å². The number of methoxy groups -OCH3 is 1. The number of esters is 1. The Bertz CT molecular complexity index is 254. The fourth-order valence-electron chi connectivity index (χ4n) is 2.66. The maximum absolute atomic E-state index is 13.7. The van der Waals surface area contributed by atoms with Crippen LogP contribution in [-0.4, -0.2) is 32.1 Å². The number of rotatable bonds is 1. The highest BCUT2D eigenvalue weighted by Crippen LogP contribution is 2.46. The van der Waals surface area contributed by atoms with Crippen molar-refractivity contribution in [2.24, 2.45) is 17.8 Å². The van der Waals surface area contributed by atoms with Gasteiger partial charge in [0.05, 0.1) is 13.0 Å². The molecular weight excluding hydrogens is 204 g/mol. The minimum absolute atomic E-state index is 0.239. The molecule has 0 aromatic rings. The molecule has 0 spiro atoms. The summed E-state index contributed by atoms with van der Waals surface area (Å²) >= 11 is 0. The van der Waals surface area contributed by atoms with Gasteiger partial charge in [0, 0.05) is 24.9 Å². The highest BCUT2D eigenvalue weighted by molar-refractivity contribution is 5.72. The number of ether oxygens (including phenoxy) is 1. The standard InChI is InChI=1S/C10H15F2NO2/c1-15-9(14)6-2-7-4-13-5-8(3-6)10(7,11)12/h6-8,13H,2-5H2,1H3/t6?,7-,8+. The zero-order chi connectivity index (χ0) is 11.1. The van der Waals surface area contributed by atoms with Gasteiger partial charge in [-0.1, -0.05) is 0 Å². The normalized spacial score (nSPS) is 38.5. The molecule has 1 N–H and O–H groups in total. The van der Waals surface area contributed by atoms with E-state index in [1.54, 1.807) is 0 Å². The lowest BCUT2D eigenvalue weighted by Crippen LogP contribution is -2.56. The van der Waals surface area contributed by atoms with Crippen LogP contribution in [0, 0.1) is 17.8 Å². The lowest BCUT2D eigenvalue weighted by atomic mass is 9.70. The first kappa shape index (κ1) is 10.8. The van der Waals surface area contributed by atoms with Gasteiger partial charge in [0.25, 0.3) is 5.92 Å². The van der Waals surface area contributed by atoms with Gasteiger partial charge in [0.1, 0.15) is 0 Å². The predicted octanol–water partition coefficient (Wildman–Crippen LogP) is 1.04. The van der Waals surface area contributed by atoms with E-state index in [2.05, 4.69) is 10.1 Å². The fourth-order valence-corrected chi connectivity index (χ4v) is 2.66. The lowest BCUT2D eigenvalue weighted by molar-refractivity contribution is -0.173. The van der Waals surface area contributed by atoms with Crippen molar-refractivity contribution in [3.8, 4) is 0 Å². The summed E-state index contributed by atoms with van der Waals surface area (Å²) in [6.45, 7) is 0.605. The SMILES string of the molecule is COC(=O)C1C[C@H]2CNC[C@@H](C1)C2(F)F. The third-order valence-corrected chi connectivity index (χ3v) is 3.54. The number of hydrogen-bond acceptors (Lipinski definition) is 3. The van der Waals surface area contributed by atoms with Crippen LogP contribution in [0.25, 0.3) is 0 Å². The maximum Gasteiger partial charge on any atom is 0.308 e. The molecule has 3 nitrogen and oxygen atoms in total. The number of carbonyl (C=O) groups excluding carboxylic acids is 1. The van der Waals surface area contributed by atoms with E-state index in [4.69, 9.17) is 0 Å². The first-order valence-corrected chi connectivity index (χ1v) is 5.22. The summed E-state index contributed by atoms with van der Waals surface area (Å²) in [5.74, 6) is -4.73. The van der Waals surface area contributed by atoms with Gasteiger partial charge in [-0.2, -0.15) is 0 Å². The molecule has 0 aromatic carbocycles. The Balaban J connectivity index is 2.12. The van der Waals surface area contributed by atoms with Crippen molar-refractivity contribution in [1.82, 2.24) is 5.32 Å². The zero-order valence-corrected chi connectivity index (χ0v) is 8.63. The third-order valence-electron chi connectivity index (χ3n) is 3.54. The Labute approximate surface area is 87.2 Å². The Morgan fingerprint density at radius 1 is 1.33 bits per heavy atom. The van der Waals surface area contributed by atoms with Gasteiger partial charge >= 0.3 is 5.97 Å². The number of halogens is 2. The molecule has 15 heavy (non-hydrogen) atoms. The highest BCUT2D eigenvalue weighted by atomic mass is 19.3. The number of hydrogen-bond donors (Lipinski definition) is 1. The predicted molar refractivity (Wildman–Crippen MR) is 49.5 cm³/mol. The molecule has 0 radical (unpaired) electrons. The van der Waals surface area contributed by atoms with Gasteiger partial charge in [0.15, 0.2) is 0 Å². The van der Waals surface area contributed by atoms with Crippen molar-refractivity contribution >= 4 is 5.97 Å². The average molecular weight is 219 g/mol. The Hall–Kier alpha value is -0.710. The molecule has 1 saturated heterocycles. The smallest absolute Gasteiger partial charge is 0.308 e. The van der Waals surface area contributed by atoms with Crippen molar-refractivity contribution in [3.63, 3.8) is 0 Å². The number of carbonyl (C=O) groups is 1. The van der Waals surface area contributed by atoms with Crippen LogP contribution >= 0.6 is 0 Å². The van der Waals surface area contributed by atoms with Gasteiger partial charge in [0.2, 0.25) is 0 Å². The van der Waals surface area contributed by atoms with Crippen LogP contribution in [0.5, 0.6) is 0 Å². The van der Waals surface area contributed by atoms with Gasteiger partial charge < -0.3 is 10.1 Å². The van der Waals surface area contributed by atoms with Gasteiger partial charge in [-0.25, -0.2) is 8.78 Å². The largest absolute Gasteiger partial charge is 0.469 e. The first-order valence-electron chi connectivity index (χ1n) is 5.22. The lowest BCUT2D eigenvalue weighted by Gasteiger charge is -2.44. The summed E-state index contributed by atoms with van der Waals surface area (Å²) in [6, 6.07) is 0. The van der Waals surface area contributed by atoms with Crippen molar-refractivity contribution in [2.45, 2.75) is 18.8 Å². The van der Waals surface area contributed by atoms with Gasteiger partial charge in [-0.3, -0.25) is 4.79 Å².